The minimum atomic E-state index is 0.0646. The lowest BCUT2D eigenvalue weighted by Gasteiger charge is -2.39. The number of aromatic nitrogens is 6. The van der Waals surface area contributed by atoms with E-state index in [1.165, 1.54) is 89.1 Å². The lowest BCUT2D eigenvalue weighted by atomic mass is 9.65. The molecule has 12 nitrogen and oxygen atoms in total. The van der Waals surface area contributed by atoms with Gasteiger partial charge in [0.25, 0.3) is 29.1 Å². The normalized spacial score (nSPS) is 31.7. The molecule has 5 saturated heterocycles. The predicted octanol–water partition coefficient (Wildman–Crippen LogP) is 14.4. The Bertz CT molecular complexity index is 4570. The van der Waals surface area contributed by atoms with E-state index in [2.05, 4.69) is 396 Å². The highest BCUT2D eigenvalue weighted by Gasteiger charge is 2.75. The molecule has 4 aliphatic carbocycles. The highest BCUT2D eigenvalue weighted by Crippen LogP contribution is 2.69. The zero-order valence-corrected chi connectivity index (χ0v) is 62.9. The van der Waals surface area contributed by atoms with Crippen LogP contribution in [-0.2, 0) is 64.2 Å². The molecule has 6 fully saturated rings. The van der Waals surface area contributed by atoms with Crippen molar-refractivity contribution in [3.05, 3.63) is 246 Å². The van der Waals surface area contributed by atoms with Crippen LogP contribution >= 0.6 is 0 Å². The van der Waals surface area contributed by atoms with Crippen molar-refractivity contribution < 1.29 is 22.8 Å². The molecule has 10 bridgehead atoms. The lowest BCUT2D eigenvalue weighted by Crippen LogP contribution is -2.54. The summed E-state index contributed by atoms with van der Waals surface area (Å²) in [7, 11) is 12.9. The maximum Gasteiger partial charge on any atom is 0.278 e. The molecule has 10 aliphatic rings. The van der Waals surface area contributed by atoms with Crippen molar-refractivity contribution in [2.75, 3.05) is 35.9 Å². The molecule has 19 rings (SSSR count). The van der Waals surface area contributed by atoms with E-state index in [1.807, 2.05) is 0 Å². The van der Waals surface area contributed by atoms with E-state index in [9.17, 15) is 0 Å². The van der Waals surface area contributed by atoms with Gasteiger partial charge in [0.1, 0.15) is 41.3 Å². The number of aryl methyl sites for hydroxylation is 6. The monoisotopic (exact) mass is 1320 g/mol. The average Bonchev–Trinajstić information content (AvgIpc) is 1.54. The second kappa shape index (κ2) is 23.6. The van der Waals surface area contributed by atoms with Crippen molar-refractivity contribution in [2.45, 2.75) is 198 Å². The van der Waals surface area contributed by atoms with Crippen LogP contribution in [0.5, 0.6) is 0 Å². The van der Waals surface area contributed by atoms with Crippen molar-refractivity contribution in [3.63, 3.8) is 0 Å². The van der Waals surface area contributed by atoms with Gasteiger partial charge in [0.2, 0.25) is 0 Å². The van der Waals surface area contributed by atoms with Crippen LogP contribution in [0.1, 0.15) is 179 Å². The van der Waals surface area contributed by atoms with Gasteiger partial charge >= 0.3 is 0 Å². The van der Waals surface area contributed by atoms with Crippen LogP contribution in [0.3, 0.4) is 0 Å². The smallest absolute Gasteiger partial charge is 0.278 e. The molecule has 1 saturated carbocycles. The minimum Gasteiger partial charge on any atom is -0.353 e. The number of benzene rings is 3. The van der Waals surface area contributed by atoms with Crippen LogP contribution in [0.25, 0.3) is 0 Å². The molecule has 0 radical (unpaired) electrons. The third kappa shape index (κ3) is 9.43. The van der Waals surface area contributed by atoms with Crippen LogP contribution < -0.4 is 52.2 Å². The summed E-state index contributed by atoms with van der Waals surface area (Å²) in [5.74, 6) is 7.29. The standard InChI is InChI=1S/C19H23N2.C17H22N3.C17H20N3.C17H19N2.C17H27N2/c1-14-18(2)13-19(3,16-10-6-5-9-15(16)18)21(14)17-11-7-8-12-20(17)4;1-12-17(2)11-14(13-8-10-19(4)16(13)17)20(12)15-7-5-6-9-18(15)3;1-13-19-12-17(2,14-8-4-5-9-15(14)19)20(13)16-10-6-7-11-18(16)3;1-12-15-11-16(14-8-4-3-7-13(14)15)19(12)17-9-5-6-10-18(17)2;1-13-16(4)10-11-17(5,15(16,2)3)19(13)14-9-7-8-12-18(14)6/h5-12,14H,13H2,1-4H3;5-10,12,14H,11H2,1-4H3;4-11,13H,12H2,1-3H3;3-10,12,15-16H,11H2,1-2H3;7-9,12-13H,10-11H2,1-6H3/q5*+1. The van der Waals surface area contributed by atoms with Gasteiger partial charge in [-0.2, -0.15) is 0 Å². The summed E-state index contributed by atoms with van der Waals surface area (Å²) < 4.78 is 13.5. The summed E-state index contributed by atoms with van der Waals surface area (Å²) in [6.45, 7) is 32.5. The van der Waals surface area contributed by atoms with Crippen LogP contribution in [-0.4, -0.2) is 47.0 Å². The Morgan fingerprint density at radius 3 is 1.45 bits per heavy atom. The topological polar surface area (TPSA) is 43.8 Å². The number of hydrogen-bond acceptors (Lipinski definition) is 6. The second-order valence-corrected chi connectivity index (χ2v) is 33.2. The van der Waals surface area contributed by atoms with Crippen molar-refractivity contribution >= 4 is 34.8 Å². The van der Waals surface area contributed by atoms with Gasteiger partial charge in [-0.15, -0.1) is 0 Å². The van der Waals surface area contributed by atoms with Gasteiger partial charge in [-0.3, -0.25) is 14.7 Å². The number of para-hydroxylation sites is 1. The molecule has 0 N–H and O–H groups in total. The van der Waals surface area contributed by atoms with E-state index in [0.29, 0.717) is 59.2 Å². The summed E-state index contributed by atoms with van der Waals surface area (Å²) in [6, 6.07) is 64.8. The number of rotatable bonds is 5. The van der Waals surface area contributed by atoms with Crippen LogP contribution in [0.2, 0.25) is 0 Å². The molecule has 0 spiro atoms. The van der Waals surface area contributed by atoms with Crippen molar-refractivity contribution in [1.82, 2.24) is 4.57 Å². The zero-order chi connectivity index (χ0) is 69.8. The Morgan fingerprint density at radius 2 is 0.899 bits per heavy atom. The number of hydrogen-bond donors (Lipinski definition) is 0. The number of piperidine rings is 1. The minimum absolute atomic E-state index is 0.0646. The molecular weight excluding hydrogens is 1210 g/mol. The molecular formula is C87H111N12+5. The van der Waals surface area contributed by atoms with Crippen LogP contribution in [0, 0.1) is 10.8 Å². The summed E-state index contributed by atoms with van der Waals surface area (Å²) >= 11 is 0. The van der Waals surface area contributed by atoms with E-state index in [1.54, 1.807) is 16.8 Å². The fourth-order valence-corrected chi connectivity index (χ4v) is 22.2. The van der Waals surface area contributed by atoms with Crippen LogP contribution in [0.15, 0.2) is 207 Å². The van der Waals surface area contributed by atoms with Crippen molar-refractivity contribution in [3.8, 4) is 0 Å². The Labute approximate surface area is 592 Å². The quantitative estimate of drug-likeness (QED) is 0.160. The van der Waals surface area contributed by atoms with Gasteiger partial charge < -0.3 is 9.47 Å². The van der Waals surface area contributed by atoms with E-state index in [-0.39, 0.29) is 27.4 Å². The molecule has 14 unspecified atom stereocenters. The molecule has 14 atom stereocenters. The molecule has 6 aliphatic heterocycles. The van der Waals surface area contributed by atoms with E-state index >= 15 is 0 Å². The third-order valence-electron chi connectivity index (χ3n) is 28.3. The number of pyridine rings is 5. The maximum absolute atomic E-state index is 2.69. The Balaban J connectivity index is 0.000000101. The highest BCUT2D eigenvalue weighted by molar-refractivity contribution is 5.71. The Kier molecular flexibility index (Phi) is 15.8. The van der Waals surface area contributed by atoms with Gasteiger partial charge in [0.05, 0.1) is 84.2 Å². The fourth-order valence-electron chi connectivity index (χ4n) is 22.2. The highest BCUT2D eigenvalue weighted by atomic mass is 15.5. The number of anilines is 6. The first-order valence-electron chi connectivity index (χ1n) is 37.1. The molecule has 0 amide bonds. The van der Waals surface area contributed by atoms with Gasteiger partial charge in [-0.25, -0.2) is 32.6 Å². The van der Waals surface area contributed by atoms with Crippen molar-refractivity contribution in [1.29, 1.82) is 0 Å². The van der Waals surface area contributed by atoms with E-state index in [0.717, 1.165) is 6.54 Å². The van der Waals surface area contributed by atoms with Gasteiger partial charge in [0, 0.05) is 113 Å². The van der Waals surface area contributed by atoms with E-state index in [4.69, 9.17) is 0 Å². The molecule has 3 aromatic carbocycles. The molecule has 12 heterocycles. The first-order valence-corrected chi connectivity index (χ1v) is 37.1. The fraction of sp³-hybridized carbons (Fsp3) is 0.460. The number of fused-ring (bicyclic) bond motifs is 22. The molecule has 99 heavy (non-hydrogen) atoms. The number of nitrogens with zero attached hydrogens (tertiary/aromatic N) is 12. The first-order chi connectivity index (χ1) is 47.2. The SMILES string of the molecule is CC1C2CC(c3ccccc32)N1c1cccc[n+]1C.CC1N(c2cccc[n+]2C)C2(C)CC1(C)c1ccccc12.CC1N(c2cccc[n+]2C)C2(C)CCC1(C)C2(C)C.CC1N(c2cccc[n+]2C)C2CC1(C)c1c2ccn1C.CC1N2CC(C)(c3ccccc32)N1c1cccc[n+]1C. The van der Waals surface area contributed by atoms with E-state index < -0.39 is 0 Å². The summed E-state index contributed by atoms with van der Waals surface area (Å²) in [5, 5.41) is 0. The first kappa shape index (κ1) is 66.4. The maximum atomic E-state index is 2.69. The summed E-state index contributed by atoms with van der Waals surface area (Å²) in [6.07, 6.45) is 19.7. The molecule has 514 valence electrons. The van der Waals surface area contributed by atoms with Crippen LogP contribution in [0.4, 0.5) is 34.8 Å². The molecule has 6 aromatic heterocycles. The van der Waals surface area contributed by atoms with Gasteiger partial charge in [0.15, 0.2) is 11.7 Å². The largest absolute Gasteiger partial charge is 0.353 e. The average molecular weight is 1320 g/mol. The lowest BCUT2D eigenvalue weighted by molar-refractivity contribution is -0.659. The molecule has 12 heteroatoms. The van der Waals surface area contributed by atoms with Crippen molar-refractivity contribution in [2.24, 2.45) is 53.1 Å². The second-order valence-electron chi connectivity index (χ2n) is 33.2. The van der Waals surface area contributed by atoms with Gasteiger partial charge in [-0.1, -0.05) is 125 Å². The molecule has 9 aromatic rings. The zero-order valence-electron chi connectivity index (χ0n) is 62.9. The third-order valence-corrected chi connectivity index (χ3v) is 28.3. The summed E-state index contributed by atoms with van der Waals surface area (Å²) in [5.41, 5.74) is 13.8. The van der Waals surface area contributed by atoms with Gasteiger partial charge in [-0.05, 0) is 134 Å². The Hall–Kier alpha value is -8.51. The summed E-state index contributed by atoms with van der Waals surface area (Å²) in [4.78, 5) is 15.6. The predicted molar refractivity (Wildman–Crippen MR) is 401 cm³/mol. The Morgan fingerprint density at radius 1 is 0.414 bits per heavy atom.